The lowest BCUT2D eigenvalue weighted by Gasteiger charge is -2.26. The molecule has 0 aliphatic heterocycles. The number of hydrogen-bond acceptors (Lipinski definition) is 4. The van der Waals surface area contributed by atoms with Crippen LogP contribution in [0.15, 0.2) is 24.3 Å². The summed E-state index contributed by atoms with van der Waals surface area (Å²) in [6.07, 6.45) is 0. The predicted molar refractivity (Wildman–Crippen MR) is 78.8 cm³/mol. The van der Waals surface area contributed by atoms with Gasteiger partial charge >= 0.3 is 0 Å². The summed E-state index contributed by atoms with van der Waals surface area (Å²) in [5.41, 5.74) is 1.25. The molecule has 0 fully saturated rings. The van der Waals surface area contributed by atoms with E-state index in [-0.39, 0.29) is 0 Å². The summed E-state index contributed by atoms with van der Waals surface area (Å²) in [6, 6.07) is 8.52. The molecule has 0 radical (unpaired) electrons. The van der Waals surface area contributed by atoms with E-state index in [0.29, 0.717) is 6.04 Å². The van der Waals surface area contributed by atoms with Gasteiger partial charge in [-0.3, -0.25) is 4.90 Å². The van der Waals surface area contributed by atoms with Gasteiger partial charge in [0.05, 0.1) is 13.7 Å². The molecular weight excluding hydrogens is 240 g/mol. The Balaban J connectivity index is 2.69. The van der Waals surface area contributed by atoms with Crippen LogP contribution in [0.4, 0.5) is 0 Å². The minimum atomic E-state index is 0.298. The number of hydrogen-bond donors (Lipinski definition) is 1. The maximum absolute atomic E-state index is 5.28. The molecule has 108 valence electrons. The molecule has 1 atom stereocenters. The van der Waals surface area contributed by atoms with Crippen LogP contribution in [0.3, 0.4) is 0 Å². The second-order valence-electron chi connectivity index (χ2n) is 4.50. The third-order valence-electron chi connectivity index (χ3n) is 3.34. The van der Waals surface area contributed by atoms with E-state index in [1.165, 1.54) is 5.56 Å². The highest BCUT2D eigenvalue weighted by Gasteiger charge is 2.14. The molecule has 0 amide bonds. The van der Waals surface area contributed by atoms with E-state index in [4.69, 9.17) is 9.47 Å². The van der Waals surface area contributed by atoms with Crippen molar-refractivity contribution in [2.75, 3.05) is 47.5 Å². The molecule has 0 spiro atoms. The van der Waals surface area contributed by atoms with Crippen LogP contribution < -0.4 is 10.1 Å². The first-order valence-electron chi connectivity index (χ1n) is 6.77. The molecule has 0 aromatic heterocycles. The molecule has 4 heteroatoms. The molecule has 1 N–H and O–H groups in total. The Kier molecular flexibility index (Phi) is 7.48. The molecule has 0 bridgehead atoms. The summed E-state index contributed by atoms with van der Waals surface area (Å²) in [6.45, 7) is 5.88. The normalized spacial score (nSPS) is 12.7. The monoisotopic (exact) mass is 266 g/mol. The van der Waals surface area contributed by atoms with Crippen molar-refractivity contribution in [1.29, 1.82) is 0 Å². The van der Waals surface area contributed by atoms with Crippen molar-refractivity contribution in [3.05, 3.63) is 29.8 Å². The molecule has 0 heterocycles. The van der Waals surface area contributed by atoms with Crippen LogP contribution in [0.2, 0.25) is 0 Å². The zero-order valence-electron chi connectivity index (χ0n) is 12.5. The minimum Gasteiger partial charge on any atom is -0.497 e. The average molecular weight is 266 g/mol. The standard InChI is InChI=1S/C15H26N2O2/c1-5-17(9-10-18-3)12-15(16-2)13-7-6-8-14(11-13)19-4/h6-8,11,15-16H,5,9-10,12H2,1-4H3. The van der Waals surface area contributed by atoms with Crippen molar-refractivity contribution in [3.8, 4) is 5.75 Å². The first-order valence-corrected chi connectivity index (χ1v) is 6.77. The summed E-state index contributed by atoms with van der Waals surface area (Å²) < 4.78 is 10.4. The molecule has 19 heavy (non-hydrogen) atoms. The van der Waals surface area contributed by atoms with Gasteiger partial charge in [0.25, 0.3) is 0 Å². The fraction of sp³-hybridized carbons (Fsp3) is 0.600. The molecule has 1 unspecified atom stereocenters. The van der Waals surface area contributed by atoms with E-state index in [1.807, 2.05) is 19.2 Å². The van der Waals surface area contributed by atoms with Crippen LogP contribution in [0.25, 0.3) is 0 Å². The van der Waals surface area contributed by atoms with Gasteiger partial charge in [0.2, 0.25) is 0 Å². The van der Waals surface area contributed by atoms with E-state index >= 15 is 0 Å². The summed E-state index contributed by atoms with van der Waals surface area (Å²) in [4.78, 5) is 2.38. The van der Waals surface area contributed by atoms with Crippen molar-refractivity contribution in [1.82, 2.24) is 10.2 Å². The number of nitrogens with one attached hydrogen (secondary N) is 1. The quantitative estimate of drug-likeness (QED) is 0.740. The van der Waals surface area contributed by atoms with E-state index in [0.717, 1.165) is 32.0 Å². The average Bonchev–Trinajstić information content (AvgIpc) is 2.47. The molecule has 4 nitrogen and oxygen atoms in total. The van der Waals surface area contributed by atoms with Crippen LogP contribution in [0, 0.1) is 0 Å². The van der Waals surface area contributed by atoms with E-state index < -0.39 is 0 Å². The van der Waals surface area contributed by atoms with E-state index in [1.54, 1.807) is 14.2 Å². The van der Waals surface area contributed by atoms with Crippen LogP contribution >= 0.6 is 0 Å². The third kappa shape index (κ3) is 5.19. The Morgan fingerprint density at radius 3 is 2.68 bits per heavy atom. The van der Waals surface area contributed by atoms with Gasteiger partial charge in [-0.1, -0.05) is 19.1 Å². The Labute approximate surface area is 116 Å². The van der Waals surface area contributed by atoms with Gasteiger partial charge in [-0.25, -0.2) is 0 Å². The minimum absolute atomic E-state index is 0.298. The van der Waals surface area contributed by atoms with Gasteiger partial charge in [0.1, 0.15) is 5.75 Å². The van der Waals surface area contributed by atoms with Crippen molar-refractivity contribution in [2.24, 2.45) is 0 Å². The number of methoxy groups -OCH3 is 2. The van der Waals surface area contributed by atoms with Gasteiger partial charge in [-0.2, -0.15) is 0 Å². The lowest BCUT2D eigenvalue weighted by atomic mass is 10.1. The highest BCUT2D eigenvalue weighted by molar-refractivity contribution is 5.30. The SMILES string of the molecule is CCN(CCOC)CC(NC)c1cccc(OC)c1. The van der Waals surface area contributed by atoms with Crippen molar-refractivity contribution < 1.29 is 9.47 Å². The van der Waals surface area contributed by atoms with Gasteiger partial charge in [0, 0.05) is 26.2 Å². The summed E-state index contributed by atoms with van der Waals surface area (Å²) in [7, 11) is 5.43. The van der Waals surface area contributed by atoms with Crippen LogP contribution in [-0.4, -0.2) is 52.4 Å². The van der Waals surface area contributed by atoms with E-state index in [9.17, 15) is 0 Å². The van der Waals surface area contributed by atoms with Crippen molar-refractivity contribution in [3.63, 3.8) is 0 Å². The zero-order valence-corrected chi connectivity index (χ0v) is 12.5. The Morgan fingerprint density at radius 1 is 1.32 bits per heavy atom. The second kappa shape index (κ2) is 8.91. The number of rotatable bonds is 9. The van der Waals surface area contributed by atoms with Crippen molar-refractivity contribution >= 4 is 0 Å². The first kappa shape index (κ1) is 16.0. The number of likely N-dealkylation sites (N-methyl/N-ethyl adjacent to an activating group) is 2. The first-order chi connectivity index (χ1) is 9.24. The predicted octanol–water partition coefficient (Wildman–Crippen LogP) is 1.92. The molecule has 0 aliphatic carbocycles. The van der Waals surface area contributed by atoms with Gasteiger partial charge in [0.15, 0.2) is 0 Å². The number of nitrogens with zero attached hydrogens (tertiary/aromatic N) is 1. The molecule has 0 saturated heterocycles. The fourth-order valence-corrected chi connectivity index (χ4v) is 2.08. The molecule has 1 rings (SSSR count). The third-order valence-corrected chi connectivity index (χ3v) is 3.34. The van der Waals surface area contributed by atoms with E-state index in [2.05, 4.69) is 29.3 Å². The topological polar surface area (TPSA) is 33.7 Å². The van der Waals surface area contributed by atoms with Crippen LogP contribution in [0.5, 0.6) is 5.75 Å². The highest BCUT2D eigenvalue weighted by atomic mass is 16.5. The lowest BCUT2D eigenvalue weighted by molar-refractivity contribution is 0.144. The summed E-state index contributed by atoms with van der Waals surface area (Å²) in [5.74, 6) is 0.901. The number of ether oxygens (including phenoxy) is 2. The zero-order chi connectivity index (χ0) is 14.1. The van der Waals surface area contributed by atoms with Crippen LogP contribution in [0.1, 0.15) is 18.5 Å². The van der Waals surface area contributed by atoms with Crippen molar-refractivity contribution in [2.45, 2.75) is 13.0 Å². The Bertz CT molecular complexity index is 358. The highest BCUT2D eigenvalue weighted by Crippen LogP contribution is 2.19. The summed E-state index contributed by atoms with van der Waals surface area (Å²) in [5, 5.41) is 3.37. The van der Waals surface area contributed by atoms with Gasteiger partial charge in [-0.15, -0.1) is 0 Å². The summed E-state index contributed by atoms with van der Waals surface area (Å²) >= 11 is 0. The fourth-order valence-electron chi connectivity index (χ4n) is 2.08. The second-order valence-corrected chi connectivity index (χ2v) is 4.50. The van der Waals surface area contributed by atoms with Crippen LogP contribution in [-0.2, 0) is 4.74 Å². The smallest absolute Gasteiger partial charge is 0.119 e. The molecule has 0 saturated carbocycles. The Morgan fingerprint density at radius 2 is 2.11 bits per heavy atom. The largest absolute Gasteiger partial charge is 0.497 e. The molecule has 1 aromatic carbocycles. The molecule has 1 aromatic rings. The number of benzene rings is 1. The lowest BCUT2D eigenvalue weighted by Crippen LogP contribution is -2.35. The van der Waals surface area contributed by atoms with Gasteiger partial charge < -0.3 is 14.8 Å². The molecular formula is C15H26N2O2. The maximum Gasteiger partial charge on any atom is 0.119 e. The van der Waals surface area contributed by atoms with Gasteiger partial charge in [-0.05, 0) is 31.3 Å². The maximum atomic E-state index is 5.28. The Hall–Kier alpha value is -1.10. The molecule has 0 aliphatic rings.